The third kappa shape index (κ3) is 2.23. The molecule has 0 atom stereocenters. The molecule has 2 rings (SSSR count). The minimum atomic E-state index is -0.518. The van der Waals surface area contributed by atoms with Crippen LogP contribution in [0.3, 0.4) is 0 Å². The Morgan fingerprint density at radius 2 is 2.05 bits per heavy atom. The molecule has 1 aromatic heterocycles. The summed E-state index contributed by atoms with van der Waals surface area (Å²) >= 11 is 0. The van der Waals surface area contributed by atoms with E-state index in [1.54, 1.807) is 18.7 Å². The Morgan fingerprint density at radius 1 is 1.37 bits per heavy atom. The smallest absolute Gasteiger partial charge is 0.277 e. The van der Waals surface area contributed by atoms with Crippen LogP contribution in [0.25, 0.3) is 0 Å². The monoisotopic (exact) mass is 264 g/mol. The van der Waals surface area contributed by atoms with Crippen LogP contribution in [-0.4, -0.2) is 51.6 Å². The predicted molar refractivity (Wildman–Crippen MR) is 67.6 cm³/mol. The molecular weight excluding hydrogens is 248 g/mol. The summed E-state index contributed by atoms with van der Waals surface area (Å²) in [7, 11) is 0. The van der Waals surface area contributed by atoms with E-state index < -0.39 is 11.5 Å². The highest BCUT2D eigenvalue weighted by molar-refractivity contribution is 5.98. The number of amides is 2. The van der Waals surface area contributed by atoms with Gasteiger partial charge in [-0.1, -0.05) is 0 Å². The molecule has 0 bridgehead atoms. The quantitative estimate of drug-likeness (QED) is 0.791. The van der Waals surface area contributed by atoms with E-state index in [1.807, 2.05) is 6.92 Å². The van der Waals surface area contributed by atoms with Crippen molar-refractivity contribution in [1.29, 1.82) is 0 Å². The minimum Gasteiger partial charge on any atom is -0.324 e. The zero-order valence-corrected chi connectivity index (χ0v) is 11.2. The zero-order chi connectivity index (χ0) is 14.2. The summed E-state index contributed by atoms with van der Waals surface area (Å²) < 4.78 is 0. The first-order chi connectivity index (χ1) is 8.95. The Bertz CT molecular complexity index is 593. The molecule has 0 spiro atoms. The Balaban J connectivity index is 2.34. The number of aromatic nitrogens is 2. The molecule has 2 heterocycles. The number of carbonyl (C=O) groups excluding carboxylic acids is 2. The van der Waals surface area contributed by atoms with Crippen LogP contribution in [0.5, 0.6) is 0 Å². The largest absolute Gasteiger partial charge is 0.324 e. The van der Waals surface area contributed by atoms with Gasteiger partial charge < -0.3 is 9.80 Å². The fourth-order valence-electron chi connectivity index (χ4n) is 2.05. The molecule has 102 valence electrons. The van der Waals surface area contributed by atoms with E-state index in [4.69, 9.17) is 0 Å². The van der Waals surface area contributed by atoms with Crippen molar-refractivity contribution < 1.29 is 9.59 Å². The molecule has 1 aromatic rings. The molecule has 1 N–H and O–H groups in total. The van der Waals surface area contributed by atoms with Crippen molar-refractivity contribution in [1.82, 2.24) is 20.0 Å². The lowest BCUT2D eigenvalue weighted by Crippen LogP contribution is -2.36. The average Bonchev–Trinajstić information content (AvgIpc) is 2.75. The Kier molecular flexibility index (Phi) is 3.37. The molecule has 1 fully saturated rings. The number of nitrogens with one attached hydrogen (secondary N) is 1. The Morgan fingerprint density at radius 3 is 2.63 bits per heavy atom. The lowest BCUT2D eigenvalue weighted by molar-refractivity contribution is -0.126. The van der Waals surface area contributed by atoms with Crippen LogP contribution in [0.15, 0.2) is 4.79 Å². The molecule has 1 saturated heterocycles. The maximum absolute atomic E-state index is 12.3. The number of hydrogen-bond donors (Lipinski definition) is 1. The topological polar surface area (TPSA) is 86.4 Å². The fraction of sp³-hybridized carbons (Fsp3) is 0.500. The van der Waals surface area contributed by atoms with Crippen LogP contribution < -0.4 is 5.56 Å². The van der Waals surface area contributed by atoms with Gasteiger partial charge in [-0.25, -0.2) is 5.10 Å². The Labute approximate surface area is 110 Å². The summed E-state index contributed by atoms with van der Waals surface area (Å²) in [4.78, 5) is 38.7. The second-order valence-electron chi connectivity index (χ2n) is 4.53. The molecule has 0 saturated carbocycles. The summed E-state index contributed by atoms with van der Waals surface area (Å²) in [5.41, 5.74) is 0.700. The van der Waals surface area contributed by atoms with Crippen molar-refractivity contribution in [3.8, 4) is 0 Å². The lowest BCUT2D eigenvalue weighted by atomic mass is 10.1. The van der Waals surface area contributed by atoms with E-state index in [0.717, 1.165) is 0 Å². The minimum absolute atomic E-state index is 0.0208. The molecule has 2 amide bonds. The molecule has 7 nitrogen and oxygen atoms in total. The third-order valence-electron chi connectivity index (χ3n) is 3.37. The molecule has 0 unspecified atom stereocenters. The molecule has 1 aliphatic heterocycles. The molecule has 0 aromatic carbocycles. The molecular formula is C12H16N4O3. The van der Waals surface area contributed by atoms with E-state index in [0.29, 0.717) is 17.8 Å². The van der Waals surface area contributed by atoms with Gasteiger partial charge in [-0.05, 0) is 26.3 Å². The maximum atomic E-state index is 12.3. The summed E-state index contributed by atoms with van der Waals surface area (Å²) in [5.74, 6) is -0.524. The van der Waals surface area contributed by atoms with Crippen LogP contribution in [-0.2, 0) is 4.79 Å². The van der Waals surface area contributed by atoms with E-state index in [1.165, 1.54) is 4.90 Å². The summed E-state index contributed by atoms with van der Waals surface area (Å²) in [6, 6.07) is 0. The van der Waals surface area contributed by atoms with E-state index in [-0.39, 0.29) is 24.7 Å². The van der Waals surface area contributed by atoms with Gasteiger partial charge in [-0.3, -0.25) is 14.4 Å². The first kappa shape index (κ1) is 13.3. The zero-order valence-electron chi connectivity index (χ0n) is 11.2. The normalized spacial score (nSPS) is 15.2. The van der Waals surface area contributed by atoms with Crippen LogP contribution in [0.2, 0.25) is 0 Å². The first-order valence-corrected chi connectivity index (χ1v) is 6.08. The molecule has 0 aliphatic carbocycles. The highest BCUT2D eigenvalue weighted by Gasteiger charge is 2.32. The van der Waals surface area contributed by atoms with Gasteiger partial charge in [-0.15, -0.1) is 0 Å². The van der Waals surface area contributed by atoms with Crippen molar-refractivity contribution in [3.63, 3.8) is 0 Å². The first-order valence-electron chi connectivity index (χ1n) is 6.08. The highest BCUT2D eigenvalue weighted by Crippen LogP contribution is 2.13. The second-order valence-corrected chi connectivity index (χ2v) is 4.53. The fourth-order valence-corrected chi connectivity index (χ4v) is 2.05. The van der Waals surface area contributed by atoms with E-state index in [9.17, 15) is 14.4 Å². The van der Waals surface area contributed by atoms with Crippen LogP contribution in [0.1, 0.15) is 28.5 Å². The lowest BCUT2D eigenvalue weighted by Gasteiger charge is -2.17. The summed E-state index contributed by atoms with van der Waals surface area (Å²) in [6.07, 6.45) is 0. The van der Waals surface area contributed by atoms with Gasteiger partial charge in [-0.2, -0.15) is 5.10 Å². The number of nitrogens with zero attached hydrogens (tertiary/aromatic N) is 3. The Hall–Kier alpha value is -2.18. The van der Waals surface area contributed by atoms with Crippen LogP contribution in [0.4, 0.5) is 0 Å². The van der Waals surface area contributed by atoms with Crippen molar-refractivity contribution in [2.75, 3.05) is 19.8 Å². The highest BCUT2D eigenvalue weighted by atomic mass is 16.2. The van der Waals surface area contributed by atoms with Gasteiger partial charge in [0.05, 0.1) is 12.4 Å². The van der Waals surface area contributed by atoms with E-state index in [2.05, 4.69) is 10.2 Å². The van der Waals surface area contributed by atoms with Crippen LogP contribution >= 0.6 is 0 Å². The summed E-state index contributed by atoms with van der Waals surface area (Å²) in [5, 5.41) is 6.11. The SMILES string of the molecule is CCN1CN(C(=O)c2c(C)c(C)n[nH]c2=O)CC1=O. The summed E-state index contributed by atoms with van der Waals surface area (Å²) in [6.45, 7) is 6.05. The van der Waals surface area contributed by atoms with Gasteiger partial charge in [0, 0.05) is 6.54 Å². The van der Waals surface area contributed by atoms with E-state index >= 15 is 0 Å². The van der Waals surface area contributed by atoms with Gasteiger partial charge in [0.25, 0.3) is 11.5 Å². The average molecular weight is 264 g/mol. The van der Waals surface area contributed by atoms with Gasteiger partial charge >= 0.3 is 0 Å². The number of aryl methyl sites for hydroxylation is 1. The second kappa shape index (κ2) is 4.83. The van der Waals surface area contributed by atoms with Crippen molar-refractivity contribution in [2.24, 2.45) is 0 Å². The predicted octanol–water partition coefficient (Wildman–Crippen LogP) is -0.351. The number of H-pyrrole nitrogens is 1. The number of carbonyl (C=O) groups is 2. The number of rotatable bonds is 2. The number of aromatic amines is 1. The van der Waals surface area contributed by atoms with Gasteiger partial charge in [0.2, 0.25) is 5.91 Å². The molecule has 1 aliphatic rings. The maximum Gasteiger partial charge on any atom is 0.277 e. The van der Waals surface area contributed by atoms with Gasteiger partial charge in [0.15, 0.2) is 0 Å². The standard InChI is InChI=1S/C12H16N4O3/c1-4-15-6-16(5-9(15)17)12(19)10-7(2)8(3)13-14-11(10)18/h4-6H2,1-3H3,(H,14,18). The molecule has 7 heteroatoms. The molecule has 0 radical (unpaired) electrons. The molecule has 19 heavy (non-hydrogen) atoms. The van der Waals surface area contributed by atoms with Gasteiger partial charge in [0.1, 0.15) is 12.1 Å². The number of hydrogen-bond acceptors (Lipinski definition) is 4. The van der Waals surface area contributed by atoms with Crippen LogP contribution in [0, 0.1) is 13.8 Å². The third-order valence-corrected chi connectivity index (χ3v) is 3.37. The number of likely N-dealkylation sites (N-methyl/N-ethyl adjacent to an activating group) is 1. The van der Waals surface area contributed by atoms with Crippen molar-refractivity contribution in [3.05, 3.63) is 27.2 Å². The van der Waals surface area contributed by atoms with Crippen molar-refractivity contribution >= 4 is 11.8 Å². The van der Waals surface area contributed by atoms with Crippen molar-refractivity contribution in [2.45, 2.75) is 20.8 Å².